The summed E-state index contributed by atoms with van der Waals surface area (Å²) in [5, 5.41) is 0. The Labute approximate surface area is 151 Å². The average Bonchev–Trinajstić information content (AvgIpc) is 2.65. The largest absolute Gasteiger partial charge is 0.449 e. The predicted octanol–water partition coefficient (Wildman–Crippen LogP) is 3.88. The maximum Gasteiger partial charge on any atom is 0.284 e. The standard InChI is InChI=1S/C20H18FN3O2/c1-14(2)24(16-6-4-3-5-7-16)20(25)18-10-15(21)8-9-19(18)26-17-11-22-13-23-12-17/h3-14H,1-2H3/p+1. The molecule has 0 aliphatic heterocycles. The van der Waals surface area contributed by atoms with Crippen LogP contribution < -0.4 is 14.6 Å². The number of amides is 1. The number of halogens is 1. The van der Waals surface area contributed by atoms with Crippen LogP contribution in [-0.4, -0.2) is 16.9 Å². The summed E-state index contributed by atoms with van der Waals surface area (Å²) in [6, 6.07) is 13.0. The fourth-order valence-corrected chi connectivity index (χ4v) is 2.62. The monoisotopic (exact) mass is 352 g/mol. The third-order valence-electron chi connectivity index (χ3n) is 3.75. The van der Waals surface area contributed by atoms with E-state index in [1.54, 1.807) is 11.1 Å². The fraction of sp³-hybridized carbons (Fsp3) is 0.150. The minimum absolute atomic E-state index is 0.118. The van der Waals surface area contributed by atoms with Gasteiger partial charge in [0.2, 0.25) is 5.75 Å². The molecule has 3 rings (SSSR count). The van der Waals surface area contributed by atoms with Crippen LogP contribution in [0.15, 0.2) is 67.3 Å². The first-order valence-electron chi connectivity index (χ1n) is 8.23. The quantitative estimate of drug-likeness (QED) is 0.700. The van der Waals surface area contributed by atoms with Gasteiger partial charge in [-0.1, -0.05) is 23.2 Å². The molecular weight excluding hydrogens is 333 g/mol. The molecule has 1 heterocycles. The third-order valence-corrected chi connectivity index (χ3v) is 3.75. The van der Waals surface area contributed by atoms with E-state index in [9.17, 15) is 9.18 Å². The molecule has 6 heteroatoms. The molecule has 0 bridgehead atoms. The Morgan fingerprint density at radius 1 is 1.19 bits per heavy atom. The molecule has 1 N–H and O–H groups in total. The van der Waals surface area contributed by atoms with E-state index in [4.69, 9.17) is 4.74 Å². The van der Waals surface area contributed by atoms with E-state index in [1.807, 2.05) is 44.2 Å². The van der Waals surface area contributed by atoms with Crippen LogP contribution in [0.5, 0.6) is 11.5 Å². The second kappa shape index (κ2) is 7.74. The Bertz CT molecular complexity index is 886. The number of anilines is 1. The number of carbonyl (C=O) groups excluding carboxylic acids is 1. The Hall–Kier alpha value is -3.28. The van der Waals surface area contributed by atoms with Crippen LogP contribution >= 0.6 is 0 Å². The molecular formula is C20H19FN3O2+. The third kappa shape index (κ3) is 3.85. The number of hydrogen-bond donors (Lipinski definition) is 0. The van der Waals surface area contributed by atoms with E-state index in [-0.39, 0.29) is 23.3 Å². The van der Waals surface area contributed by atoms with Gasteiger partial charge in [0.15, 0.2) is 6.20 Å². The minimum Gasteiger partial charge on any atom is -0.449 e. The lowest BCUT2D eigenvalue weighted by Gasteiger charge is -2.27. The maximum atomic E-state index is 13.9. The zero-order chi connectivity index (χ0) is 18.5. The van der Waals surface area contributed by atoms with Gasteiger partial charge in [-0.05, 0) is 44.2 Å². The lowest BCUT2D eigenvalue weighted by Crippen LogP contribution is -2.37. The highest BCUT2D eigenvalue weighted by atomic mass is 19.1. The number of ether oxygens (including phenoxy) is 1. The van der Waals surface area contributed by atoms with Crippen molar-refractivity contribution in [3.8, 4) is 11.5 Å². The van der Waals surface area contributed by atoms with Crippen molar-refractivity contribution in [1.82, 2.24) is 4.98 Å². The van der Waals surface area contributed by atoms with Crippen LogP contribution in [0.1, 0.15) is 24.2 Å². The van der Waals surface area contributed by atoms with Crippen molar-refractivity contribution in [2.24, 2.45) is 0 Å². The van der Waals surface area contributed by atoms with Crippen molar-refractivity contribution in [2.75, 3.05) is 4.90 Å². The van der Waals surface area contributed by atoms with Gasteiger partial charge >= 0.3 is 0 Å². The summed E-state index contributed by atoms with van der Waals surface area (Å²) < 4.78 is 19.6. The van der Waals surface area contributed by atoms with Gasteiger partial charge in [-0.25, -0.2) is 9.37 Å². The first kappa shape index (κ1) is 17.5. The maximum absolute atomic E-state index is 13.9. The van der Waals surface area contributed by atoms with E-state index in [0.717, 1.165) is 5.69 Å². The lowest BCUT2D eigenvalue weighted by molar-refractivity contribution is -0.383. The van der Waals surface area contributed by atoms with Crippen LogP contribution in [0.2, 0.25) is 0 Å². The molecule has 5 nitrogen and oxygen atoms in total. The van der Waals surface area contributed by atoms with Gasteiger partial charge in [0.25, 0.3) is 12.2 Å². The summed E-state index contributed by atoms with van der Waals surface area (Å²) in [7, 11) is 0. The number of benzene rings is 2. The Balaban J connectivity index is 2.01. The van der Waals surface area contributed by atoms with E-state index in [1.165, 1.54) is 30.7 Å². The molecule has 0 saturated heterocycles. The van der Waals surface area contributed by atoms with Gasteiger partial charge in [0, 0.05) is 11.7 Å². The van der Waals surface area contributed by atoms with Crippen LogP contribution in [0.3, 0.4) is 0 Å². The molecule has 3 aromatic rings. The topological polar surface area (TPSA) is 56.6 Å². The lowest BCUT2D eigenvalue weighted by atomic mass is 10.1. The Morgan fingerprint density at radius 2 is 1.96 bits per heavy atom. The molecule has 2 aromatic carbocycles. The molecule has 1 amide bonds. The Morgan fingerprint density at radius 3 is 2.62 bits per heavy atom. The molecule has 0 unspecified atom stereocenters. The molecule has 1 aromatic heterocycles. The normalized spacial score (nSPS) is 10.6. The van der Waals surface area contributed by atoms with Crippen molar-refractivity contribution in [3.05, 3.63) is 78.6 Å². The van der Waals surface area contributed by atoms with Gasteiger partial charge in [0.05, 0.1) is 5.56 Å². The minimum atomic E-state index is -0.504. The molecule has 26 heavy (non-hydrogen) atoms. The number of aromatic nitrogens is 2. The van der Waals surface area contributed by atoms with E-state index in [2.05, 4.69) is 9.97 Å². The molecule has 0 saturated carbocycles. The zero-order valence-corrected chi connectivity index (χ0v) is 14.5. The molecule has 0 radical (unpaired) electrons. The molecule has 0 aliphatic carbocycles. The number of para-hydroxylation sites is 1. The van der Waals surface area contributed by atoms with Crippen LogP contribution in [0, 0.1) is 5.82 Å². The van der Waals surface area contributed by atoms with E-state index >= 15 is 0 Å². The average molecular weight is 352 g/mol. The summed E-state index contributed by atoms with van der Waals surface area (Å²) in [4.78, 5) is 21.6. The Kier molecular flexibility index (Phi) is 5.22. The van der Waals surface area contributed by atoms with Crippen molar-refractivity contribution in [3.63, 3.8) is 0 Å². The predicted molar refractivity (Wildman–Crippen MR) is 95.7 cm³/mol. The number of rotatable bonds is 5. The molecule has 0 spiro atoms. The van der Waals surface area contributed by atoms with E-state index < -0.39 is 5.82 Å². The first-order valence-corrected chi connectivity index (χ1v) is 8.23. The van der Waals surface area contributed by atoms with Gasteiger partial charge in [-0.15, -0.1) is 0 Å². The molecule has 0 fully saturated rings. The highest BCUT2D eigenvalue weighted by molar-refractivity contribution is 6.08. The number of nitrogens with one attached hydrogen (secondary N) is 1. The number of H-pyrrole nitrogens is 1. The highest BCUT2D eigenvalue weighted by Crippen LogP contribution is 2.28. The number of carbonyl (C=O) groups is 1. The van der Waals surface area contributed by atoms with Gasteiger partial charge in [-0.3, -0.25) is 4.79 Å². The van der Waals surface area contributed by atoms with Crippen LogP contribution in [0.25, 0.3) is 0 Å². The van der Waals surface area contributed by atoms with Crippen molar-refractivity contribution in [1.29, 1.82) is 0 Å². The van der Waals surface area contributed by atoms with Crippen LogP contribution in [-0.2, 0) is 0 Å². The van der Waals surface area contributed by atoms with Crippen LogP contribution in [0.4, 0.5) is 10.1 Å². The highest BCUT2D eigenvalue weighted by Gasteiger charge is 2.24. The molecule has 132 valence electrons. The first-order chi connectivity index (χ1) is 12.6. The van der Waals surface area contributed by atoms with Crippen molar-refractivity contribution >= 4 is 11.6 Å². The summed E-state index contributed by atoms with van der Waals surface area (Å²) in [5.41, 5.74) is 0.879. The number of hydrogen-bond acceptors (Lipinski definition) is 3. The second-order valence-corrected chi connectivity index (χ2v) is 5.97. The second-order valence-electron chi connectivity index (χ2n) is 5.97. The summed E-state index contributed by atoms with van der Waals surface area (Å²) >= 11 is 0. The van der Waals surface area contributed by atoms with Gasteiger partial charge in [-0.2, -0.15) is 0 Å². The summed E-state index contributed by atoms with van der Waals surface area (Å²) in [6.45, 7) is 3.81. The molecule has 0 aliphatic rings. The summed E-state index contributed by atoms with van der Waals surface area (Å²) in [6.07, 6.45) is 4.60. The van der Waals surface area contributed by atoms with Crippen molar-refractivity contribution < 1.29 is 18.9 Å². The SMILES string of the molecule is CC(C)N(C(=O)c1cc(F)ccc1Oc1cnc[nH+]c1)c1ccccc1. The smallest absolute Gasteiger partial charge is 0.284 e. The van der Waals surface area contributed by atoms with Crippen molar-refractivity contribution in [2.45, 2.75) is 19.9 Å². The number of nitrogens with zero attached hydrogens (tertiary/aromatic N) is 2. The zero-order valence-electron chi connectivity index (χ0n) is 14.5. The molecule has 0 atom stereocenters. The van der Waals surface area contributed by atoms with E-state index in [0.29, 0.717) is 5.75 Å². The number of aromatic amines is 1. The fourth-order valence-electron chi connectivity index (χ4n) is 2.62. The van der Waals surface area contributed by atoms with Gasteiger partial charge in [0.1, 0.15) is 17.8 Å². The summed E-state index contributed by atoms with van der Waals surface area (Å²) in [5.74, 6) is -0.160. The van der Waals surface area contributed by atoms with Gasteiger partial charge < -0.3 is 9.64 Å².